The van der Waals surface area contributed by atoms with Crippen molar-refractivity contribution in [1.29, 1.82) is 5.26 Å². The van der Waals surface area contributed by atoms with E-state index in [0.717, 1.165) is 53.2 Å². The standard InChI is InChI=1S/C53H52ClN13O19S6/c1-27-17-41(63-66-50-28(2)33(26-55)51-58-40-24-49(92(82,83)84)46(85-5)25-44(40)67(51)52(50)70)45(86-11-6-14-89(73,74)75)21-35(27)60-64-42-20-37(57-30(4)69)39(23-48(42)88-13-8-16-91(79,80)81)62-65-43-19-36(56-29(3)68)38(22-47(43)87-12-7-15-90(76,77)78)61-59-31-9-10-34(54)32(18-31)53(71)72/h9-10,17-25,70H,6-8,11-16H2,1-5H3,(H,56,68)(H,57,69)(H,71,72)(H,73,74,75)(H,76,77,78)(H,79,80,81)(H,82,83,84). The fraction of sp³-hybridized carbons (Fsp3) is 0.264. The Morgan fingerprint density at radius 2 is 1.18 bits per heavy atom. The molecule has 0 radical (unpaired) electrons. The van der Waals surface area contributed by atoms with Crippen LogP contribution in [0.15, 0.2) is 122 Å². The zero-order chi connectivity index (χ0) is 67.6. The molecule has 0 spiro atoms. The van der Waals surface area contributed by atoms with Crippen molar-refractivity contribution in [3.8, 4) is 23.4 Å². The van der Waals surface area contributed by atoms with Gasteiger partial charge in [0.2, 0.25) is 17.7 Å². The van der Waals surface area contributed by atoms with Crippen molar-refractivity contribution < 1.29 is 86.0 Å². The van der Waals surface area contributed by atoms with Crippen LogP contribution >= 0.6 is 35.1 Å². The van der Waals surface area contributed by atoms with Gasteiger partial charge in [0.15, 0.2) is 11.3 Å². The van der Waals surface area contributed by atoms with Gasteiger partial charge in [-0.2, -0.15) is 49.2 Å². The number of aromatic hydroxyl groups is 1. The number of aromatic nitrogens is 2. The number of methoxy groups -OCH3 is 1. The first-order chi connectivity index (χ1) is 43.1. The molecule has 0 atom stereocenters. The number of thioether (sulfide) groups is 2. The summed E-state index contributed by atoms with van der Waals surface area (Å²) in [5.74, 6) is -5.44. The van der Waals surface area contributed by atoms with Gasteiger partial charge < -0.3 is 30.3 Å². The minimum absolute atomic E-state index is 0.0141. The van der Waals surface area contributed by atoms with Crippen LogP contribution in [0.5, 0.6) is 17.4 Å². The Morgan fingerprint density at radius 1 is 0.663 bits per heavy atom. The third kappa shape index (κ3) is 19.0. The molecule has 2 aromatic heterocycles. The van der Waals surface area contributed by atoms with Crippen LogP contribution in [0.4, 0.5) is 56.9 Å². The van der Waals surface area contributed by atoms with Crippen LogP contribution in [0, 0.1) is 25.2 Å². The van der Waals surface area contributed by atoms with Crippen LogP contribution in [0.3, 0.4) is 0 Å². The number of nitriles is 1. The Labute approximate surface area is 537 Å². The zero-order valence-corrected chi connectivity index (χ0v) is 54.1. The molecule has 0 saturated carbocycles. The van der Waals surface area contributed by atoms with Crippen molar-refractivity contribution >= 4 is 167 Å². The number of amides is 2. The van der Waals surface area contributed by atoms with Gasteiger partial charge in [0.1, 0.15) is 56.5 Å². The Hall–Kier alpha value is -8.62. The van der Waals surface area contributed by atoms with E-state index in [-0.39, 0.29) is 154 Å². The van der Waals surface area contributed by atoms with Gasteiger partial charge in [-0.25, -0.2) is 9.78 Å². The molecular formula is C53H52ClN13O19S6. The summed E-state index contributed by atoms with van der Waals surface area (Å²) >= 11 is 8.11. The lowest BCUT2D eigenvalue weighted by atomic mass is 10.1. The van der Waals surface area contributed by atoms with Gasteiger partial charge in [0.05, 0.1) is 75.3 Å². The molecule has 8 N–H and O–H groups in total. The molecule has 0 aliphatic rings. The van der Waals surface area contributed by atoms with Crippen LogP contribution in [0.2, 0.25) is 5.02 Å². The van der Waals surface area contributed by atoms with E-state index < -0.39 is 86.3 Å². The number of imidazole rings is 1. The summed E-state index contributed by atoms with van der Waals surface area (Å²) < 4.78 is 145. The smallest absolute Gasteiger partial charge is 0.337 e. The topological polar surface area (TPSA) is 492 Å². The number of rotatable bonds is 28. The lowest BCUT2D eigenvalue weighted by Gasteiger charge is -2.13. The monoisotopic (exact) mass is 1400 g/mol. The third-order valence-electron chi connectivity index (χ3n) is 12.4. The van der Waals surface area contributed by atoms with E-state index in [4.69, 9.17) is 21.1 Å². The normalized spacial score (nSPS) is 12.4. The number of aromatic carboxylic acids is 1. The molecule has 39 heteroatoms. The summed E-state index contributed by atoms with van der Waals surface area (Å²) in [6, 6.07) is 16.3. The first-order valence-corrected chi connectivity index (χ1v) is 34.9. The number of carboxylic acids is 1. The number of nitrogens with one attached hydrogen (secondary N) is 2. The SMILES string of the molecule is COc1cc2c(cc1S(=O)(=O)O)nc1c(C#N)c(C)c(N=Nc3cc(C)c(N=Nc4cc(NC(C)=O)c(N=Nc5cc(NC(C)=O)c(N=Nc6ccc(Cl)c(C(=O)O)c6)cc5SCCCS(=O)(=O)O)cc4SCCCS(=O)(=O)O)cc3OCCCS(=O)(=O)O)c(O)n12. The molecule has 7 aromatic rings. The summed E-state index contributed by atoms with van der Waals surface area (Å²) in [6.07, 6.45) is -0.376. The number of hydrogen-bond donors (Lipinski definition) is 8. The van der Waals surface area contributed by atoms with Crippen molar-refractivity contribution in [2.45, 2.75) is 61.6 Å². The molecule has 0 unspecified atom stereocenters. The number of carboxylic acid groups (broad SMARTS) is 1. The number of carbonyl (C=O) groups is 3. The molecule has 0 aliphatic carbocycles. The summed E-state index contributed by atoms with van der Waals surface area (Å²) in [5, 5.41) is 71.8. The molecule has 486 valence electrons. The molecule has 0 fully saturated rings. The maximum Gasteiger partial charge on any atom is 0.337 e. The lowest BCUT2D eigenvalue weighted by molar-refractivity contribution is -0.115. The Morgan fingerprint density at radius 3 is 1.70 bits per heavy atom. The molecule has 0 bridgehead atoms. The summed E-state index contributed by atoms with van der Waals surface area (Å²) in [5.41, 5.74) is -0.341. The quantitative estimate of drug-likeness (QED) is 0.00977. The number of halogens is 1. The number of carbonyl (C=O) groups excluding carboxylic acids is 2. The number of benzene rings is 5. The summed E-state index contributed by atoms with van der Waals surface area (Å²) in [4.78, 5) is 41.4. The maximum absolute atomic E-state index is 12.8. The van der Waals surface area contributed by atoms with Crippen LogP contribution in [-0.2, 0) is 50.1 Å². The largest absolute Gasteiger partial charge is 0.495 e. The van der Waals surface area contributed by atoms with E-state index in [9.17, 15) is 81.7 Å². The zero-order valence-electron chi connectivity index (χ0n) is 48.5. The van der Waals surface area contributed by atoms with Crippen LogP contribution in [-0.4, -0.2) is 132 Å². The molecule has 7 rings (SSSR count). The molecule has 2 heterocycles. The van der Waals surface area contributed by atoms with E-state index in [2.05, 4.69) is 56.5 Å². The lowest BCUT2D eigenvalue weighted by Crippen LogP contribution is -2.08. The molecule has 0 saturated heterocycles. The Kier molecular flexibility index (Phi) is 22.9. The molecule has 92 heavy (non-hydrogen) atoms. The fourth-order valence-corrected chi connectivity index (χ4v) is 12.9. The van der Waals surface area contributed by atoms with Crippen LogP contribution < -0.4 is 20.1 Å². The highest BCUT2D eigenvalue weighted by Crippen LogP contribution is 2.46. The second kappa shape index (κ2) is 29.8. The van der Waals surface area contributed by atoms with Gasteiger partial charge in [0.25, 0.3) is 40.5 Å². The minimum atomic E-state index is -4.84. The molecule has 0 aliphatic heterocycles. The van der Waals surface area contributed by atoms with Gasteiger partial charge in [-0.3, -0.25) is 32.2 Å². The molecule has 5 aromatic carbocycles. The first kappa shape index (κ1) is 70.8. The van der Waals surface area contributed by atoms with E-state index >= 15 is 0 Å². The van der Waals surface area contributed by atoms with Gasteiger partial charge in [-0.1, -0.05) is 11.6 Å². The predicted molar refractivity (Wildman–Crippen MR) is 338 cm³/mol. The molecular weight excluding hydrogens is 1350 g/mol. The number of fused-ring (bicyclic) bond motifs is 3. The minimum Gasteiger partial charge on any atom is -0.495 e. The van der Waals surface area contributed by atoms with Crippen molar-refractivity contribution in [3.63, 3.8) is 0 Å². The van der Waals surface area contributed by atoms with Gasteiger partial charge in [0, 0.05) is 41.3 Å². The van der Waals surface area contributed by atoms with Crippen molar-refractivity contribution in [1.82, 2.24) is 9.38 Å². The number of anilines is 2. The van der Waals surface area contributed by atoms with Gasteiger partial charge in [-0.05, 0) is 105 Å². The highest BCUT2D eigenvalue weighted by Gasteiger charge is 2.26. The summed E-state index contributed by atoms with van der Waals surface area (Å²) in [6.45, 7) is 5.04. The van der Waals surface area contributed by atoms with E-state index in [1.807, 2.05) is 6.07 Å². The number of hydrogen-bond acceptors (Lipinski definition) is 26. The molecule has 32 nitrogen and oxygen atoms in total. The highest BCUT2D eigenvalue weighted by molar-refractivity contribution is 7.99. The van der Waals surface area contributed by atoms with Crippen molar-refractivity contribution in [2.24, 2.45) is 40.9 Å². The highest BCUT2D eigenvalue weighted by atomic mass is 35.5. The average molecular weight is 1400 g/mol. The third-order valence-corrected chi connectivity index (χ3v) is 18.3. The van der Waals surface area contributed by atoms with Crippen LogP contribution in [0.1, 0.15) is 60.2 Å². The predicted octanol–water partition coefficient (Wildman–Crippen LogP) is 12.3. The van der Waals surface area contributed by atoms with Crippen LogP contribution in [0.25, 0.3) is 16.7 Å². The van der Waals surface area contributed by atoms with Gasteiger partial charge in [-0.15, -0.1) is 54.2 Å². The maximum atomic E-state index is 12.8. The second-order valence-electron chi connectivity index (χ2n) is 19.4. The number of pyridine rings is 1. The van der Waals surface area contributed by atoms with E-state index in [1.54, 1.807) is 6.92 Å². The Bertz CT molecular complexity index is 4770. The number of azo groups is 4. The Balaban J connectivity index is 1.34. The van der Waals surface area contributed by atoms with E-state index in [1.165, 1.54) is 69.3 Å². The fourth-order valence-electron chi connectivity index (χ4n) is 8.29. The van der Waals surface area contributed by atoms with Crippen molar-refractivity contribution in [3.05, 3.63) is 94.0 Å². The van der Waals surface area contributed by atoms with Crippen molar-refractivity contribution in [2.75, 3.05) is 53.1 Å². The van der Waals surface area contributed by atoms with E-state index in [0.29, 0.717) is 5.56 Å². The number of aryl methyl sites for hydroxylation is 1. The number of ether oxygens (including phenoxy) is 2. The molecule has 2 amide bonds. The summed E-state index contributed by atoms with van der Waals surface area (Å²) in [7, 11) is -16.9. The average Bonchev–Trinajstić information content (AvgIpc) is 1.56. The number of nitrogens with zero attached hydrogens (tertiary/aromatic N) is 11. The first-order valence-electron chi connectivity index (χ1n) is 26.3. The van der Waals surface area contributed by atoms with Gasteiger partial charge >= 0.3 is 5.97 Å². The second-order valence-corrected chi connectivity index (χ2v) is 28.2.